The van der Waals surface area contributed by atoms with Crippen molar-refractivity contribution < 1.29 is 14.6 Å². The molecule has 0 unspecified atom stereocenters. The van der Waals surface area contributed by atoms with Crippen molar-refractivity contribution in [2.24, 2.45) is 0 Å². The molecule has 2 atom stereocenters. The molecule has 1 aromatic heterocycles. The lowest BCUT2D eigenvalue weighted by Gasteiger charge is -2.18. The van der Waals surface area contributed by atoms with Gasteiger partial charge >= 0.3 is 6.03 Å². The lowest BCUT2D eigenvalue weighted by atomic mass is 10.1. The Morgan fingerprint density at radius 1 is 1.32 bits per heavy atom. The number of carbonyl (C=O) groups excluding carboxylic acids is 1. The quantitative estimate of drug-likeness (QED) is 0.808. The fraction of sp³-hybridized carbons (Fsp3) is 0.250. The molecule has 2 amide bonds. The number of pyridine rings is 1. The second kappa shape index (κ2) is 6.03. The Hall–Kier alpha value is -2.60. The summed E-state index contributed by atoms with van der Waals surface area (Å²) in [5.41, 5.74) is 2.57. The maximum Gasteiger partial charge on any atom is 0.319 e. The van der Waals surface area contributed by atoms with Gasteiger partial charge in [-0.05, 0) is 17.2 Å². The number of aromatic nitrogens is 1. The Kier molecular flexibility index (Phi) is 3.93. The number of nitrogens with zero attached hydrogens (tertiary/aromatic N) is 1. The van der Waals surface area contributed by atoms with Gasteiger partial charge in [0, 0.05) is 12.5 Å². The minimum Gasteiger partial charge on any atom is -0.481 e. The summed E-state index contributed by atoms with van der Waals surface area (Å²) in [6.45, 7) is 0. The van der Waals surface area contributed by atoms with Crippen LogP contribution in [0, 0.1) is 0 Å². The molecule has 0 fully saturated rings. The zero-order valence-electron chi connectivity index (χ0n) is 12.1. The van der Waals surface area contributed by atoms with Crippen LogP contribution in [-0.4, -0.2) is 29.3 Å². The van der Waals surface area contributed by atoms with E-state index in [2.05, 4.69) is 15.6 Å². The largest absolute Gasteiger partial charge is 0.481 e. The van der Waals surface area contributed by atoms with Crippen LogP contribution >= 0.6 is 0 Å². The standard InChI is InChI=1S/C16H17N3O3/c1-22-14-7-6-11(9-17-14)18-16(21)19-15-12-5-3-2-4-10(12)8-13(15)20/h2-7,9,13,15,20H,8H2,1H3,(H2,18,19,21)/t13-,15+/m1/s1. The van der Waals surface area contributed by atoms with Gasteiger partial charge in [0.2, 0.25) is 5.88 Å². The maximum absolute atomic E-state index is 12.1. The molecule has 1 heterocycles. The van der Waals surface area contributed by atoms with Crippen molar-refractivity contribution in [2.45, 2.75) is 18.6 Å². The normalized spacial score (nSPS) is 19.4. The van der Waals surface area contributed by atoms with Gasteiger partial charge in [0.1, 0.15) is 0 Å². The van der Waals surface area contributed by atoms with E-state index in [0.717, 1.165) is 11.1 Å². The first-order valence-corrected chi connectivity index (χ1v) is 7.01. The van der Waals surface area contributed by atoms with E-state index in [1.165, 1.54) is 13.3 Å². The number of carbonyl (C=O) groups is 1. The number of nitrogens with one attached hydrogen (secondary N) is 2. The van der Waals surface area contributed by atoms with Crippen molar-refractivity contribution in [3.63, 3.8) is 0 Å². The van der Waals surface area contributed by atoms with Crippen LogP contribution in [0.1, 0.15) is 17.2 Å². The molecule has 1 aliphatic rings. The van der Waals surface area contributed by atoms with E-state index in [0.29, 0.717) is 18.0 Å². The van der Waals surface area contributed by atoms with E-state index in [1.807, 2.05) is 24.3 Å². The second-order valence-corrected chi connectivity index (χ2v) is 5.14. The number of rotatable bonds is 3. The first-order chi connectivity index (χ1) is 10.7. The van der Waals surface area contributed by atoms with Crippen molar-refractivity contribution >= 4 is 11.7 Å². The summed E-state index contributed by atoms with van der Waals surface area (Å²) in [7, 11) is 1.53. The fourth-order valence-electron chi connectivity index (χ4n) is 2.63. The van der Waals surface area contributed by atoms with Gasteiger partial charge in [-0.15, -0.1) is 0 Å². The lowest BCUT2D eigenvalue weighted by molar-refractivity contribution is 0.144. The average Bonchev–Trinajstić information content (AvgIpc) is 2.84. The highest BCUT2D eigenvalue weighted by atomic mass is 16.5. The fourth-order valence-corrected chi connectivity index (χ4v) is 2.63. The Morgan fingerprint density at radius 2 is 2.14 bits per heavy atom. The van der Waals surface area contributed by atoms with Crippen molar-refractivity contribution in [2.75, 3.05) is 12.4 Å². The van der Waals surface area contributed by atoms with Crippen LogP contribution in [0.3, 0.4) is 0 Å². The molecule has 6 nitrogen and oxygen atoms in total. The third-order valence-corrected chi connectivity index (χ3v) is 3.69. The van der Waals surface area contributed by atoms with Crippen LogP contribution < -0.4 is 15.4 Å². The molecule has 0 aliphatic heterocycles. The summed E-state index contributed by atoms with van der Waals surface area (Å²) in [6, 6.07) is 10.3. The molecule has 6 heteroatoms. The van der Waals surface area contributed by atoms with Gasteiger partial charge in [0.05, 0.1) is 31.1 Å². The zero-order chi connectivity index (χ0) is 15.5. The number of hydrogen-bond acceptors (Lipinski definition) is 4. The molecule has 0 radical (unpaired) electrons. The van der Waals surface area contributed by atoms with Crippen molar-refractivity contribution in [3.05, 3.63) is 53.7 Å². The first-order valence-electron chi connectivity index (χ1n) is 7.01. The molecule has 22 heavy (non-hydrogen) atoms. The monoisotopic (exact) mass is 299 g/mol. The summed E-state index contributed by atoms with van der Waals surface area (Å²) in [5, 5.41) is 15.6. The molecule has 0 spiro atoms. The number of aliphatic hydroxyl groups excluding tert-OH is 1. The molecule has 0 saturated carbocycles. The summed E-state index contributed by atoms with van der Waals surface area (Å²) in [4.78, 5) is 16.1. The number of methoxy groups -OCH3 is 1. The number of amides is 2. The van der Waals surface area contributed by atoms with Crippen molar-refractivity contribution in [3.8, 4) is 5.88 Å². The molecule has 1 aromatic carbocycles. The van der Waals surface area contributed by atoms with Gasteiger partial charge < -0.3 is 20.5 Å². The third kappa shape index (κ3) is 2.87. The number of hydrogen-bond donors (Lipinski definition) is 3. The molecule has 3 N–H and O–H groups in total. The number of aliphatic hydroxyl groups is 1. The highest BCUT2D eigenvalue weighted by Crippen LogP contribution is 2.31. The predicted octanol–water partition coefficient (Wildman–Crippen LogP) is 1.87. The number of urea groups is 1. The Morgan fingerprint density at radius 3 is 2.86 bits per heavy atom. The Balaban J connectivity index is 1.66. The molecule has 0 saturated heterocycles. The van der Waals surface area contributed by atoms with Crippen LogP contribution in [0.4, 0.5) is 10.5 Å². The lowest BCUT2D eigenvalue weighted by Crippen LogP contribution is -2.36. The van der Waals surface area contributed by atoms with Gasteiger partial charge in [0.25, 0.3) is 0 Å². The number of ether oxygens (including phenoxy) is 1. The highest BCUT2D eigenvalue weighted by molar-refractivity contribution is 5.89. The summed E-state index contributed by atoms with van der Waals surface area (Å²) < 4.78 is 4.96. The van der Waals surface area contributed by atoms with E-state index in [4.69, 9.17) is 4.74 Å². The number of fused-ring (bicyclic) bond motifs is 1. The molecular formula is C16H17N3O3. The maximum atomic E-state index is 12.1. The second-order valence-electron chi connectivity index (χ2n) is 5.14. The van der Waals surface area contributed by atoms with Crippen LogP contribution in [0.25, 0.3) is 0 Å². The average molecular weight is 299 g/mol. The van der Waals surface area contributed by atoms with Crippen molar-refractivity contribution in [1.29, 1.82) is 0 Å². The number of benzene rings is 1. The zero-order valence-corrected chi connectivity index (χ0v) is 12.1. The van der Waals surface area contributed by atoms with Gasteiger partial charge in [-0.25, -0.2) is 9.78 Å². The summed E-state index contributed by atoms with van der Waals surface area (Å²) in [6.07, 6.45) is 1.44. The van der Waals surface area contributed by atoms with Gasteiger partial charge in [-0.3, -0.25) is 0 Å². The smallest absolute Gasteiger partial charge is 0.319 e. The van der Waals surface area contributed by atoms with Crippen LogP contribution in [0.2, 0.25) is 0 Å². The van der Waals surface area contributed by atoms with Crippen LogP contribution in [0.15, 0.2) is 42.6 Å². The van der Waals surface area contributed by atoms with E-state index in [-0.39, 0.29) is 6.03 Å². The Bertz CT molecular complexity index is 673. The van der Waals surface area contributed by atoms with E-state index < -0.39 is 12.1 Å². The van der Waals surface area contributed by atoms with Crippen LogP contribution in [0.5, 0.6) is 5.88 Å². The first kappa shape index (κ1) is 14.3. The third-order valence-electron chi connectivity index (χ3n) is 3.69. The van der Waals surface area contributed by atoms with Gasteiger partial charge in [0.15, 0.2) is 0 Å². The van der Waals surface area contributed by atoms with E-state index in [1.54, 1.807) is 12.1 Å². The minimum atomic E-state index is -0.614. The molecule has 114 valence electrons. The van der Waals surface area contributed by atoms with Crippen LogP contribution in [-0.2, 0) is 6.42 Å². The summed E-state index contributed by atoms with van der Waals surface area (Å²) in [5.74, 6) is 0.478. The number of anilines is 1. The molecule has 0 bridgehead atoms. The molecule has 1 aliphatic carbocycles. The molecule has 3 rings (SSSR count). The van der Waals surface area contributed by atoms with Gasteiger partial charge in [-0.1, -0.05) is 24.3 Å². The predicted molar refractivity (Wildman–Crippen MR) is 81.8 cm³/mol. The molecular weight excluding hydrogens is 282 g/mol. The molecule has 2 aromatic rings. The Labute approximate surface area is 128 Å². The SMILES string of the molecule is COc1ccc(NC(=O)N[C@H]2c3ccccc3C[C@H]2O)cn1. The minimum absolute atomic E-state index is 0.382. The van der Waals surface area contributed by atoms with Gasteiger partial charge in [-0.2, -0.15) is 0 Å². The van der Waals surface area contributed by atoms with E-state index in [9.17, 15) is 9.90 Å². The summed E-state index contributed by atoms with van der Waals surface area (Å²) >= 11 is 0. The highest BCUT2D eigenvalue weighted by Gasteiger charge is 2.31. The van der Waals surface area contributed by atoms with E-state index >= 15 is 0 Å². The van der Waals surface area contributed by atoms with Crippen molar-refractivity contribution in [1.82, 2.24) is 10.3 Å². The topological polar surface area (TPSA) is 83.5 Å².